The molecule has 24 heavy (non-hydrogen) atoms. The minimum Gasteiger partial charge on any atom is -0.451 e. The Morgan fingerprint density at radius 3 is 2.75 bits per heavy atom. The average molecular weight is 365 g/mol. The van der Waals surface area contributed by atoms with Crippen molar-refractivity contribution in [3.8, 4) is 0 Å². The highest BCUT2D eigenvalue weighted by molar-refractivity contribution is 6.35. The van der Waals surface area contributed by atoms with Crippen molar-refractivity contribution < 1.29 is 9.53 Å². The van der Waals surface area contributed by atoms with Gasteiger partial charge in [0.05, 0.1) is 12.9 Å². The standard InChI is InChI=1S/C16H14Cl2N4O2/c1-21-6-4-14(20-21)16(23)24-15(9-22-7-5-19-10-22)12-3-2-11(17)8-13(12)18/h2-8,10,15H,9H2,1H3. The number of benzene rings is 1. The van der Waals surface area contributed by atoms with E-state index < -0.39 is 12.1 Å². The molecule has 3 rings (SSSR count). The maximum absolute atomic E-state index is 12.4. The Morgan fingerprint density at radius 1 is 1.29 bits per heavy atom. The number of rotatable bonds is 5. The predicted octanol–water partition coefficient (Wildman–Crippen LogP) is 3.52. The Kier molecular flexibility index (Phi) is 4.87. The van der Waals surface area contributed by atoms with Crippen molar-refractivity contribution in [3.05, 3.63) is 70.5 Å². The summed E-state index contributed by atoms with van der Waals surface area (Å²) < 4.78 is 8.98. The topological polar surface area (TPSA) is 61.9 Å². The summed E-state index contributed by atoms with van der Waals surface area (Å²) in [5.41, 5.74) is 0.900. The minimum absolute atomic E-state index is 0.234. The highest BCUT2D eigenvalue weighted by atomic mass is 35.5. The number of ether oxygens (including phenoxy) is 1. The normalized spacial score (nSPS) is 12.1. The number of esters is 1. The molecule has 3 aromatic rings. The van der Waals surface area contributed by atoms with Gasteiger partial charge in [0.25, 0.3) is 0 Å². The van der Waals surface area contributed by atoms with E-state index in [1.807, 2.05) is 0 Å². The number of hydrogen-bond donors (Lipinski definition) is 0. The molecule has 0 aliphatic heterocycles. The van der Waals surface area contributed by atoms with E-state index in [1.165, 1.54) is 4.68 Å². The van der Waals surface area contributed by atoms with Gasteiger partial charge in [-0.2, -0.15) is 5.10 Å². The van der Waals surface area contributed by atoms with Gasteiger partial charge in [-0.3, -0.25) is 4.68 Å². The molecule has 0 bridgehead atoms. The van der Waals surface area contributed by atoms with E-state index in [2.05, 4.69) is 10.1 Å². The Labute approximate surface area is 148 Å². The largest absolute Gasteiger partial charge is 0.451 e. The van der Waals surface area contributed by atoms with Crippen molar-refractivity contribution in [2.24, 2.45) is 7.05 Å². The molecule has 8 heteroatoms. The Morgan fingerprint density at radius 2 is 2.12 bits per heavy atom. The number of hydrogen-bond acceptors (Lipinski definition) is 4. The van der Waals surface area contributed by atoms with E-state index in [9.17, 15) is 4.79 Å². The van der Waals surface area contributed by atoms with E-state index in [-0.39, 0.29) is 5.69 Å². The molecule has 1 atom stereocenters. The molecule has 0 amide bonds. The summed E-state index contributed by atoms with van der Waals surface area (Å²) >= 11 is 12.2. The van der Waals surface area contributed by atoms with Gasteiger partial charge in [0.1, 0.15) is 6.10 Å². The monoisotopic (exact) mass is 364 g/mol. The summed E-state index contributed by atoms with van der Waals surface area (Å²) in [6.07, 6.45) is 6.16. The molecule has 124 valence electrons. The third kappa shape index (κ3) is 3.77. The highest BCUT2D eigenvalue weighted by Gasteiger charge is 2.22. The molecular formula is C16H14Cl2N4O2. The van der Waals surface area contributed by atoms with Gasteiger partial charge in [0.15, 0.2) is 5.69 Å². The van der Waals surface area contributed by atoms with Crippen LogP contribution in [0.15, 0.2) is 49.2 Å². The molecule has 6 nitrogen and oxygen atoms in total. The Hall–Kier alpha value is -2.31. The molecule has 1 unspecified atom stereocenters. The van der Waals surface area contributed by atoms with E-state index in [1.54, 1.807) is 60.8 Å². The van der Waals surface area contributed by atoms with Gasteiger partial charge in [-0.15, -0.1) is 0 Å². The second-order valence-electron chi connectivity index (χ2n) is 5.19. The number of aromatic nitrogens is 4. The van der Waals surface area contributed by atoms with Gasteiger partial charge in [0, 0.05) is 41.2 Å². The van der Waals surface area contributed by atoms with Crippen molar-refractivity contribution in [2.45, 2.75) is 12.6 Å². The number of aryl methyl sites for hydroxylation is 1. The smallest absolute Gasteiger partial charge is 0.359 e. The van der Waals surface area contributed by atoms with E-state index >= 15 is 0 Å². The van der Waals surface area contributed by atoms with Crippen LogP contribution in [0.2, 0.25) is 10.0 Å². The Balaban J connectivity index is 1.88. The first kappa shape index (κ1) is 16.5. The molecule has 0 N–H and O–H groups in total. The molecule has 0 radical (unpaired) electrons. The van der Waals surface area contributed by atoms with Crippen LogP contribution in [0.5, 0.6) is 0 Å². The van der Waals surface area contributed by atoms with Crippen LogP contribution in [0.1, 0.15) is 22.2 Å². The zero-order valence-electron chi connectivity index (χ0n) is 12.8. The highest BCUT2D eigenvalue weighted by Crippen LogP contribution is 2.30. The van der Waals surface area contributed by atoms with Crippen LogP contribution < -0.4 is 0 Å². The maximum atomic E-state index is 12.4. The molecule has 2 aromatic heterocycles. The third-order valence-electron chi connectivity index (χ3n) is 3.42. The van der Waals surface area contributed by atoms with Gasteiger partial charge >= 0.3 is 5.97 Å². The number of carbonyl (C=O) groups excluding carboxylic acids is 1. The lowest BCUT2D eigenvalue weighted by atomic mass is 10.1. The second-order valence-corrected chi connectivity index (χ2v) is 6.04. The van der Waals surface area contributed by atoms with E-state index in [0.717, 1.165) is 0 Å². The summed E-state index contributed by atoms with van der Waals surface area (Å²) in [4.78, 5) is 16.4. The van der Waals surface area contributed by atoms with Crippen LogP contribution in [0.25, 0.3) is 0 Å². The lowest BCUT2D eigenvalue weighted by Gasteiger charge is -2.19. The van der Waals surface area contributed by atoms with Crippen LogP contribution in [-0.4, -0.2) is 25.3 Å². The van der Waals surface area contributed by atoms with Crippen LogP contribution in [-0.2, 0) is 18.3 Å². The zero-order valence-corrected chi connectivity index (χ0v) is 14.3. The zero-order chi connectivity index (χ0) is 17.1. The SMILES string of the molecule is Cn1ccc(C(=O)OC(Cn2ccnc2)c2ccc(Cl)cc2Cl)n1. The van der Waals surface area contributed by atoms with Crippen LogP contribution in [0.3, 0.4) is 0 Å². The van der Waals surface area contributed by atoms with Crippen molar-refractivity contribution >= 4 is 29.2 Å². The van der Waals surface area contributed by atoms with Crippen LogP contribution in [0, 0.1) is 0 Å². The fourth-order valence-corrected chi connectivity index (χ4v) is 2.79. The molecule has 0 fully saturated rings. The molecule has 0 saturated heterocycles. The van der Waals surface area contributed by atoms with Crippen molar-refractivity contribution in [1.29, 1.82) is 0 Å². The first-order chi connectivity index (χ1) is 11.5. The molecular weight excluding hydrogens is 351 g/mol. The first-order valence-corrected chi connectivity index (χ1v) is 7.90. The van der Waals surface area contributed by atoms with Gasteiger partial charge in [-0.25, -0.2) is 9.78 Å². The third-order valence-corrected chi connectivity index (χ3v) is 3.98. The van der Waals surface area contributed by atoms with Crippen LogP contribution in [0.4, 0.5) is 0 Å². The molecule has 2 heterocycles. The minimum atomic E-state index is -0.599. The quantitative estimate of drug-likeness (QED) is 0.649. The van der Waals surface area contributed by atoms with Crippen molar-refractivity contribution in [2.75, 3.05) is 0 Å². The molecule has 0 aliphatic rings. The first-order valence-electron chi connectivity index (χ1n) is 7.14. The van der Waals surface area contributed by atoms with Crippen LogP contribution >= 0.6 is 23.2 Å². The van der Waals surface area contributed by atoms with E-state index in [4.69, 9.17) is 27.9 Å². The lowest BCUT2D eigenvalue weighted by Crippen LogP contribution is -2.17. The molecule has 0 spiro atoms. The lowest BCUT2D eigenvalue weighted by molar-refractivity contribution is 0.0248. The number of halogens is 2. The predicted molar refractivity (Wildman–Crippen MR) is 90.1 cm³/mol. The molecule has 0 saturated carbocycles. The van der Waals surface area contributed by atoms with E-state index in [0.29, 0.717) is 22.2 Å². The summed E-state index contributed by atoms with van der Waals surface area (Å²) in [5, 5.41) is 5.01. The summed E-state index contributed by atoms with van der Waals surface area (Å²) in [6.45, 7) is 0.375. The molecule has 1 aromatic carbocycles. The average Bonchev–Trinajstić information content (AvgIpc) is 3.18. The summed E-state index contributed by atoms with van der Waals surface area (Å²) in [6, 6.07) is 6.67. The second kappa shape index (κ2) is 7.07. The summed E-state index contributed by atoms with van der Waals surface area (Å²) in [7, 11) is 1.73. The van der Waals surface area contributed by atoms with Gasteiger partial charge in [-0.1, -0.05) is 29.3 Å². The maximum Gasteiger partial charge on any atom is 0.359 e. The number of nitrogens with zero attached hydrogens (tertiary/aromatic N) is 4. The van der Waals surface area contributed by atoms with Crippen molar-refractivity contribution in [1.82, 2.24) is 19.3 Å². The summed E-state index contributed by atoms with van der Waals surface area (Å²) in [5.74, 6) is -0.522. The fourth-order valence-electron chi connectivity index (χ4n) is 2.26. The molecule has 0 aliphatic carbocycles. The van der Waals surface area contributed by atoms with Gasteiger partial charge in [-0.05, 0) is 18.2 Å². The van der Waals surface area contributed by atoms with Crippen molar-refractivity contribution in [3.63, 3.8) is 0 Å². The Bertz CT molecular complexity index is 846. The number of carbonyl (C=O) groups is 1. The van der Waals surface area contributed by atoms with Gasteiger partial charge < -0.3 is 9.30 Å². The van der Waals surface area contributed by atoms with Gasteiger partial charge in [0.2, 0.25) is 0 Å². The fraction of sp³-hybridized carbons (Fsp3) is 0.188. The number of imidazole rings is 1.